The number of aryl methyl sites for hydroxylation is 1. The largest absolute Gasteiger partial charge is 0.459 e. The Kier molecular flexibility index (Phi) is 4.44. The molecule has 0 atom stereocenters. The van der Waals surface area contributed by atoms with E-state index >= 15 is 0 Å². The molecule has 24 heavy (non-hydrogen) atoms. The zero-order chi connectivity index (χ0) is 17.1. The molecule has 1 heterocycles. The van der Waals surface area contributed by atoms with Crippen molar-refractivity contribution < 1.29 is 18.7 Å². The van der Waals surface area contributed by atoms with Crippen molar-refractivity contribution in [3.8, 4) is 11.3 Å². The highest BCUT2D eigenvalue weighted by atomic mass is 19.1. The van der Waals surface area contributed by atoms with Gasteiger partial charge >= 0.3 is 0 Å². The highest BCUT2D eigenvalue weighted by Gasteiger charge is 2.10. The number of rotatable bonds is 4. The Morgan fingerprint density at radius 2 is 2.00 bits per heavy atom. The number of halogens is 1. The van der Waals surface area contributed by atoms with Crippen molar-refractivity contribution >= 4 is 11.6 Å². The van der Waals surface area contributed by atoms with Crippen molar-refractivity contribution in [3.63, 3.8) is 0 Å². The second-order valence-corrected chi connectivity index (χ2v) is 5.42. The standard InChI is InChI=1S/C19H16FNO3/c1-12-9-15(21-19(23)13-3-2-4-14(20)10-13)5-7-17(12)18-8-6-16(11-22)24-18/h2-10,22H,11H2,1H3,(H,21,23). The highest BCUT2D eigenvalue weighted by molar-refractivity contribution is 6.04. The number of amides is 1. The van der Waals surface area contributed by atoms with E-state index in [-0.39, 0.29) is 18.1 Å². The van der Waals surface area contributed by atoms with Gasteiger partial charge in [0.25, 0.3) is 5.91 Å². The van der Waals surface area contributed by atoms with Gasteiger partial charge in [-0.2, -0.15) is 0 Å². The smallest absolute Gasteiger partial charge is 0.255 e. The molecule has 1 amide bonds. The average Bonchev–Trinajstić information content (AvgIpc) is 3.04. The molecule has 3 rings (SSSR count). The number of hydrogen-bond donors (Lipinski definition) is 2. The minimum atomic E-state index is -0.452. The van der Waals surface area contributed by atoms with Gasteiger partial charge in [-0.05, 0) is 61.0 Å². The molecule has 0 aliphatic carbocycles. The summed E-state index contributed by atoms with van der Waals surface area (Å²) in [5.74, 6) is 0.321. The molecule has 0 aliphatic heterocycles. The van der Waals surface area contributed by atoms with E-state index in [1.807, 2.05) is 19.1 Å². The topological polar surface area (TPSA) is 62.5 Å². The minimum Gasteiger partial charge on any atom is -0.459 e. The molecule has 122 valence electrons. The zero-order valence-electron chi connectivity index (χ0n) is 13.0. The van der Waals surface area contributed by atoms with Crippen LogP contribution in [0.25, 0.3) is 11.3 Å². The first-order chi connectivity index (χ1) is 11.6. The molecule has 0 radical (unpaired) electrons. The quantitative estimate of drug-likeness (QED) is 0.758. The van der Waals surface area contributed by atoms with E-state index < -0.39 is 5.82 Å². The third-order valence-electron chi connectivity index (χ3n) is 3.65. The number of carbonyl (C=O) groups excluding carboxylic acids is 1. The van der Waals surface area contributed by atoms with Crippen LogP contribution in [0.1, 0.15) is 21.7 Å². The summed E-state index contributed by atoms with van der Waals surface area (Å²) in [6, 6.07) is 14.4. The molecule has 3 aromatic rings. The second kappa shape index (κ2) is 6.68. The van der Waals surface area contributed by atoms with Crippen LogP contribution in [0.2, 0.25) is 0 Å². The lowest BCUT2D eigenvalue weighted by Crippen LogP contribution is -2.12. The lowest BCUT2D eigenvalue weighted by molar-refractivity contribution is 0.102. The van der Waals surface area contributed by atoms with Crippen LogP contribution in [0.4, 0.5) is 10.1 Å². The summed E-state index contributed by atoms with van der Waals surface area (Å²) in [7, 11) is 0. The van der Waals surface area contributed by atoms with E-state index in [9.17, 15) is 9.18 Å². The van der Waals surface area contributed by atoms with E-state index in [4.69, 9.17) is 9.52 Å². The van der Waals surface area contributed by atoms with Crippen LogP contribution >= 0.6 is 0 Å². The molecule has 2 N–H and O–H groups in total. The molecule has 0 fully saturated rings. The predicted octanol–water partition coefficient (Wildman–Crippen LogP) is 4.14. The Bertz CT molecular complexity index is 886. The number of hydrogen-bond acceptors (Lipinski definition) is 3. The van der Waals surface area contributed by atoms with Crippen molar-refractivity contribution in [2.24, 2.45) is 0 Å². The van der Waals surface area contributed by atoms with Gasteiger partial charge < -0.3 is 14.8 Å². The number of nitrogens with one attached hydrogen (secondary N) is 1. The first-order valence-corrected chi connectivity index (χ1v) is 7.44. The van der Waals surface area contributed by atoms with Crippen LogP contribution < -0.4 is 5.32 Å². The normalized spacial score (nSPS) is 10.6. The van der Waals surface area contributed by atoms with Gasteiger partial charge in [0, 0.05) is 16.8 Å². The predicted molar refractivity (Wildman–Crippen MR) is 89.2 cm³/mol. The Morgan fingerprint density at radius 1 is 1.17 bits per heavy atom. The first-order valence-electron chi connectivity index (χ1n) is 7.44. The number of benzene rings is 2. The molecular weight excluding hydrogens is 309 g/mol. The van der Waals surface area contributed by atoms with Crippen molar-refractivity contribution in [1.82, 2.24) is 0 Å². The summed E-state index contributed by atoms with van der Waals surface area (Å²) in [5.41, 5.74) is 2.65. The third-order valence-corrected chi connectivity index (χ3v) is 3.65. The summed E-state index contributed by atoms with van der Waals surface area (Å²) in [6.07, 6.45) is 0. The number of aliphatic hydroxyl groups excluding tert-OH is 1. The molecule has 0 saturated heterocycles. The maximum Gasteiger partial charge on any atom is 0.255 e. The number of anilines is 1. The molecular formula is C19H16FNO3. The van der Waals surface area contributed by atoms with E-state index in [1.165, 1.54) is 18.2 Å². The molecule has 0 bridgehead atoms. The molecule has 0 spiro atoms. The van der Waals surface area contributed by atoms with Gasteiger partial charge in [-0.15, -0.1) is 0 Å². The summed E-state index contributed by atoms with van der Waals surface area (Å²) < 4.78 is 18.7. The SMILES string of the molecule is Cc1cc(NC(=O)c2cccc(F)c2)ccc1-c1ccc(CO)o1. The average molecular weight is 325 g/mol. The van der Waals surface area contributed by atoms with Gasteiger partial charge in [0.05, 0.1) is 0 Å². The molecule has 2 aromatic carbocycles. The molecule has 0 saturated carbocycles. The van der Waals surface area contributed by atoms with Crippen molar-refractivity contribution in [3.05, 3.63) is 77.3 Å². The molecule has 0 aliphatic rings. The lowest BCUT2D eigenvalue weighted by Gasteiger charge is -2.09. The summed E-state index contributed by atoms with van der Waals surface area (Å²) >= 11 is 0. The highest BCUT2D eigenvalue weighted by Crippen LogP contribution is 2.28. The Hall–Kier alpha value is -2.92. The van der Waals surface area contributed by atoms with Crippen LogP contribution in [-0.4, -0.2) is 11.0 Å². The Balaban J connectivity index is 1.80. The van der Waals surface area contributed by atoms with Gasteiger partial charge in [-0.3, -0.25) is 4.79 Å². The van der Waals surface area contributed by atoms with E-state index in [1.54, 1.807) is 24.3 Å². The number of furan rings is 1. The fourth-order valence-electron chi connectivity index (χ4n) is 2.46. The first kappa shape index (κ1) is 16.0. The number of aliphatic hydroxyl groups is 1. The van der Waals surface area contributed by atoms with Crippen LogP contribution in [0.15, 0.2) is 59.0 Å². The number of carbonyl (C=O) groups is 1. The van der Waals surface area contributed by atoms with Gasteiger partial charge in [0.2, 0.25) is 0 Å². The fraction of sp³-hybridized carbons (Fsp3) is 0.105. The zero-order valence-corrected chi connectivity index (χ0v) is 13.0. The maximum absolute atomic E-state index is 13.2. The maximum atomic E-state index is 13.2. The fourth-order valence-corrected chi connectivity index (χ4v) is 2.46. The van der Waals surface area contributed by atoms with E-state index in [0.29, 0.717) is 17.2 Å². The second-order valence-electron chi connectivity index (χ2n) is 5.42. The summed E-state index contributed by atoms with van der Waals surface area (Å²) in [4.78, 5) is 12.2. The minimum absolute atomic E-state index is 0.152. The third kappa shape index (κ3) is 3.36. The lowest BCUT2D eigenvalue weighted by atomic mass is 10.1. The summed E-state index contributed by atoms with van der Waals surface area (Å²) in [6.45, 7) is 1.75. The van der Waals surface area contributed by atoms with Gasteiger partial charge in [0.1, 0.15) is 23.9 Å². The Morgan fingerprint density at radius 3 is 2.67 bits per heavy atom. The molecule has 1 aromatic heterocycles. The van der Waals surface area contributed by atoms with Crippen LogP contribution in [0, 0.1) is 12.7 Å². The van der Waals surface area contributed by atoms with Gasteiger partial charge in [-0.25, -0.2) is 4.39 Å². The van der Waals surface area contributed by atoms with Crippen molar-refractivity contribution in [2.45, 2.75) is 13.5 Å². The Labute approximate surface area is 138 Å². The van der Waals surface area contributed by atoms with Crippen molar-refractivity contribution in [2.75, 3.05) is 5.32 Å². The van der Waals surface area contributed by atoms with E-state index in [2.05, 4.69) is 5.32 Å². The molecule has 5 heteroatoms. The van der Waals surface area contributed by atoms with Gasteiger partial charge in [0.15, 0.2) is 0 Å². The van der Waals surface area contributed by atoms with Gasteiger partial charge in [-0.1, -0.05) is 6.07 Å². The summed E-state index contributed by atoms with van der Waals surface area (Å²) in [5, 5.41) is 11.8. The van der Waals surface area contributed by atoms with Crippen LogP contribution in [0.5, 0.6) is 0 Å². The van der Waals surface area contributed by atoms with Crippen LogP contribution in [-0.2, 0) is 6.61 Å². The molecule has 4 nitrogen and oxygen atoms in total. The monoisotopic (exact) mass is 325 g/mol. The molecule has 0 unspecified atom stereocenters. The van der Waals surface area contributed by atoms with Crippen molar-refractivity contribution in [1.29, 1.82) is 0 Å². The van der Waals surface area contributed by atoms with E-state index in [0.717, 1.165) is 11.1 Å². The van der Waals surface area contributed by atoms with Crippen LogP contribution in [0.3, 0.4) is 0 Å².